The minimum atomic E-state index is -0.382. The lowest BCUT2D eigenvalue weighted by Crippen LogP contribution is -2.37. The van der Waals surface area contributed by atoms with Crippen LogP contribution in [0.5, 0.6) is 11.5 Å². The molecule has 2 aliphatic rings. The molecule has 4 amide bonds. The average molecular weight is 715 g/mol. The molecule has 0 N–H and O–H groups in total. The average Bonchev–Trinajstić information content (AvgIpc) is 3.20. The van der Waals surface area contributed by atoms with Crippen molar-refractivity contribution in [2.24, 2.45) is 0 Å². The summed E-state index contributed by atoms with van der Waals surface area (Å²) in [6.07, 6.45) is 3.70. The van der Waals surface area contributed by atoms with Gasteiger partial charge in [0.2, 0.25) is 0 Å². The summed E-state index contributed by atoms with van der Waals surface area (Å²) in [5.74, 6) is -0.145. The van der Waals surface area contributed by atoms with Crippen LogP contribution < -0.4 is 9.47 Å². The zero-order valence-electron chi connectivity index (χ0n) is 30.7. The summed E-state index contributed by atoms with van der Waals surface area (Å²) in [5, 5.41) is 5.95. The van der Waals surface area contributed by atoms with Crippen LogP contribution in [0.15, 0.2) is 84.9 Å². The van der Waals surface area contributed by atoms with Gasteiger partial charge in [0.05, 0.1) is 13.2 Å². The lowest BCUT2D eigenvalue weighted by Gasteiger charge is -2.30. The van der Waals surface area contributed by atoms with Gasteiger partial charge in [-0.1, -0.05) is 75.2 Å². The molecule has 0 radical (unpaired) electrons. The molecular formula is C46H38N2O6. The first-order chi connectivity index (χ1) is 26.3. The van der Waals surface area contributed by atoms with Crippen LogP contribution in [0.1, 0.15) is 81.0 Å². The number of imide groups is 2. The number of carbonyl (C=O) groups excluding carboxylic acids is 4. The number of amides is 4. The van der Waals surface area contributed by atoms with Crippen LogP contribution in [0.4, 0.5) is 0 Å². The number of carbonyl (C=O) groups is 4. The molecule has 8 heteroatoms. The van der Waals surface area contributed by atoms with Crippen molar-refractivity contribution in [3.63, 3.8) is 0 Å². The van der Waals surface area contributed by atoms with Crippen molar-refractivity contribution in [1.29, 1.82) is 0 Å². The van der Waals surface area contributed by atoms with Gasteiger partial charge in [0, 0.05) is 58.2 Å². The molecule has 7 aromatic carbocycles. The largest absolute Gasteiger partial charge is 0.493 e. The summed E-state index contributed by atoms with van der Waals surface area (Å²) in [5.41, 5.74) is 4.87. The van der Waals surface area contributed by atoms with Crippen molar-refractivity contribution >= 4 is 66.7 Å². The quantitative estimate of drug-likeness (QED) is 0.0606. The van der Waals surface area contributed by atoms with Crippen LogP contribution in [0.25, 0.3) is 65.3 Å². The number of fused-ring (bicyclic) bond motifs is 2. The van der Waals surface area contributed by atoms with Gasteiger partial charge in [-0.3, -0.25) is 29.0 Å². The number of para-hydroxylation sites is 2. The van der Waals surface area contributed by atoms with E-state index >= 15 is 0 Å². The molecule has 9 rings (SSSR count). The second-order valence-electron chi connectivity index (χ2n) is 14.2. The van der Waals surface area contributed by atoms with Crippen LogP contribution in [-0.2, 0) is 0 Å². The Morgan fingerprint density at radius 2 is 0.815 bits per heavy atom. The molecule has 0 saturated heterocycles. The van der Waals surface area contributed by atoms with E-state index in [1.165, 1.54) is 23.9 Å². The predicted octanol–water partition coefficient (Wildman–Crippen LogP) is 9.88. The van der Waals surface area contributed by atoms with Gasteiger partial charge in [-0.2, -0.15) is 0 Å². The summed E-state index contributed by atoms with van der Waals surface area (Å²) >= 11 is 0. The van der Waals surface area contributed by atoms with E-state index in [1.807, 2.05) is 72.8 Å². The Bertz CT molecular complexity index is 2580. The molecule has 0 aromatic heterocycles. The van der Waals surface area contributed by atoms with Gasteiger partial charge < -0.3 is 9.47 Å². The van der Waals surface area contributed by atoms with Gasteiger partial charge in [-0.25, -0.2) is 0 Å². The topological polar surface area (TPSA) is 93.2 Å². The van der Waals surface area contributed by atoms with Crippen LogP contribution in [0.2, 0.25) is 0 Å². The number of rotatable bonds is 10. The molecule has 7 aromatic rings. The standard InChI is InChI=1S/C46H38N2O6/c1-5-7-21-53-35-15-11-9-13-25(35)31-23-33-39-29(43(49)47(3)45(33)51)20-18-28-38-32(26-14-10-12-16-36(26)54-22-8-6-2)24-34-40-30(44(50)48(4)46(34)52)19-17-27(42(38)40)37(31)41(28)39/h9-20,23-24H,5-8,21-22H2,1-4H3. The Morgan fingerprint density at radius 1 is 0.426 bits per heavy atom. The molecule has 2 heterocycles. The number of unbranched alkanes of at least 4 members (excludes halogenated alkanes) is 2. The van der Waals surface area contributed by atoms with Crippen molar-refractivity contribution in [2.75, 3.05) is 27.3 Å². The summed E-state index contributed by atoms with van der Waals surface area (Å²) in [6, 6.07) is 26.9. The zero-order chi connectivity index (χ0) is 37.4. The first-order valence-corrected chi connectivity index (χ1v) is 18.6. The van der Waals surface area contributed by atoms with Gasteiger partial charge in [0.25, 0.3) is 23.6 Å². The molecule has 54 heavy (non-hydrogen) atoms. The minimum absolute atomic E-state index is 0.369. The number of hydrogen-bond donors (Lipinski definition) is 0. The van der Waals surface area contributed by atoms with Crippen molar-refractivity contribution in [2.45, 2.75) is 39.5 Å². The highest BCUT2D eigenvalue weighted by molar-refractivity contribution is 6.44. The summed E-state index contributed by atoms with van der Waals surface area (Å²) in [4.78, 5) is 58.3. The van der Waals surface area contributed by atoms with Gasteiger partial charge >= 0.3 is 0 Å². The van der Waals surface area contributed by atoms with Gasteiger partial charge in [-0.05, 0) is 92.7 Å². The van der Waals surface area contributed by atoms with E-state index in [1.54, 1.807) is 12.1 Å². The molecular weight excluding hydrogens is 677 g/mol. The van der Waals surface area contributed by atoms with E-state index in [0.29, 0.717) is 57.7 Å². The minimum Gasteiger partial charge on any atom is -0.493 e. The number of benzene rings is 7. The van der Waals surface area contributed by atoms with Crippen molar-refractivity contribution < 1.29 is 28.7 Å². The maximum absolute atomic E-state index is 14.1. The zero-order valence-corrected chi connectivity index (χ0v) is 30.7. The Labute approximate surface area is 312 Å². The molecule has 0 unspecified atom stereocenters. The maximum atomic E-state index is 14.1. The third kappa shape index (κ3) is 4.68. The normalized spacial score (nSPS) is 14.1. The van der Waals surface area contributed by atoms with Gasteiger partial charge in [0.15, 0.2) is 0 Å². The SMILES string of the molecule is CCCCOc1ccccc1-c1cc2c3c(ccc4c5c(-c6ccccc6OCCCC)cc6c7c(ccc(c1c34)c75)C(=O)N(C)C6=O)C(=O)N(C)C2=O. The lowest BCUT2D eigenvalue weighted by molar-refractivity contribution is 0.0635. The fraction of sp³-hybridized carbons (Fsp3) is 0.217. The monoisotopic (exact) mass is 714 g/mol. The van der Waals surface area contributed by atoms with Crippen molar-refractivity contribution in [3.05, 3.63) is 107 Å². The Kier molecular flexibility index (Phi) is 7.89. The summed E-state index contributed by atoms with van der Waals surface area (Å²) in [6.45, 7) is 5.28. The molecule has 8 nitrogen and oxygen atoms in total. The predicted molar refractivity (Wildman–Crippen MR) is 212 cm³/mol. The van der Waals surface area contributed by atoms with Crippen LogP contribution in [0.3, 0.4) is 0 Å². The van der Waals surface area contributed by atoms with E-state index < -0.39 is 0 Å². The Morgan fingerprint density at radius 3 is 1.22 bits per heavy atom. The van der Waals surface area contributed by atoms with Crippen molar-refractivity contribution in [1.82, 2.24) is 9.80 Å². The fourth-order valence-electron chi connectivity index (χ4n) is 8.42. The Hall–Kier alpha value is -6.28. The van der Waals surface area contributed by atoms with E-state index in [0.717, 1.165) is 80.3 Å². The first-order valence-electron chi connectivity index (χ1n) is 18.6. The highest BCUT2D eigenvalue weighted by Crippen LogP contribution is 2.53. The van der Waals surface area contributed by atoms with Crippen LogP contribution >= 0.6 is 0 Å². The van der Waals surface area contributed by atoms with Crippen molar-refractivity contribution in [3.8, 4) is 33.8 Å². The number of hydrogen-bond acceptors (Lipinski definition) is 6. The van der Waals surface area contributed by atoms with E-state index in [9.17, 15) is 19.2 Å². The smallest absolute Gasteiger partial charge is 0.261 e. The lowest BCUT2D eigenvalue weighted by atomic mass is 9.78. The number of nitrogens with zero attached hydrogens (tertiary/aromatic N) is 2. The van der Waals surface area contributed by atoms with E-state index in [-0.39, 0.29) is 23.6 Å². The van der Waals surface area contributed by atoms with E-state index in [4.69, 9.17) is 9.47 Å². The van der Waals surface area contributed by atoms with Crippen LogP contribution in [-0.4, -0.2) is 60.7 Å². The molecule has 2 aliphatic heterocycles. The number of ether oxygens (including phenoxy) is 2. The molecule has 268 valence electrons. The summed E-state index contributed by atoms with van der Waals surface area (Å²) < 4.78 is 12.8. The maximum Gasteiger partial charge on any atom is 0.261 e. The Balaban J connectivity index is 1.52. The van der Waals surface area contributed by atoms with Crippen LogP contribution in [0, 0.1) is 0 Å². The van der Waals surface area contributed by atoms with Gasteiger partial charge in [0.1, 0.15) is 11.5 Å². The second kappa shape index (κ2) is 12.7. The van der Waals surface area contributed by atoms with Gasteiger partial charge in [-0.15, -0.1) is 0 Å². The first kappa shape index (κ1) is 33.5. The molecule has 0 aliphatic carbocycles. The molecule has 0 bridgehead atoms. The third-order valence-electron chi connectivity index (χ3n) is 11.1. The molecule has 0 fully saturated rings. The highest BCUT2D eigenvalue weighted by atomic mass is 16.5. The second-order valence-corrected chi connectivity index (χ2v) is 14.2. The third-order valence-corrected chi connectivity index (χ3v) is 11.1. The molecule has 0 saturated carbocycles. The van der Waals surface area contributed by atoms with E-state index in [2.05, 4.69) is 13.8 Å². The molecule has 0 atom stereocenters. The summed E-state index contributed by atoms with van der Waals surface area (Å²) in [7, 11) is 3.04. The fourth-order valence-corrected chi connectivity index (χ4v) is 8.42. The molecule has 0 spiro atoms. The highest BCUT2D eigenvalue weighted by Gasteiger charge is 2.37.